The minimum absolute atomic E-state index is 0.106. The number of nitrogens with zero attached hydrogens (tertiary/aromatic N) is 2. The van der Waals surface area contributed by atoms with E-state index in [1.165, 1.54) is 6.07 Å². The molecule has 0 radical (unpaired) electrons. The Labute approximate surface area is 81.4 Å². The third-order valence-electron chi connectivity index (χ3n) is 2.47. The van der Waals surface area contributed by atoms with Gasteiger partial charge in [0.2, 0.25) is 0 Å². The van der Waals surface area contributed by atoms with Crippen molar-refractivity contribution in [2.75, 3.05) is 0 Å². The molecule has 1 atom stereocenters. The van der Waals surface area contributed by atoms with Gasteiger partial charge in [0.1, 0.15) is 5.69 Å². The van der Waals surface area contributed by atoms with E-state index in [1.54, 1.807) is 12.3 Å². The maximum Gasteiger partial charge on any atom is 0.295 e. The van der Waals surface area contributed by atoms with E-state index in [0.717, 1.165) is 12.0 Å². The molecule has 1 aliphatic heterocycles. The topological polar surface area (TPSA) is 55.5 Å². The lowest BCUT2D eigenvalue weighted by atomic mass is 9.98. The van der Waals surface area contributed by atoms with Gasteiger partial charge < -0.3 is 0 Å². The van der Waals surface area contributed by atoms with Crippen LogP contribution in [0.1, 0.15) is 24.8 Å². The van der Waals surface area contributed by atoms with Gasteiger partial charge >= 0.3 is 0 Å². The predicted octanol–water partition coefficient (Wildman–Crippen LogP) is 2.80. The Morgan fingerprint density at radius 2 is 2.36 bits per heavy atom. The van der Waals surface area contributed by atoms with Gasteiger partial charge in [-0.3, -0.25) is 15.1 Å². The van der Waals surface area contributed by atoms with Crippen molar-refractivity contribution >= 4 is 17.6 Å². The molecule has 0 fully saturated rings. The van der Waals surface area contributed by atoms with Gasteiger partial charge in [-0.15, -0.1) is 0 Å². The van der Waals surface area contributed by atoms with Crippen molar-refractivity contribution in [3.8, 4) is 0 Å². The Kier molecular flexibility index (Phi) is 2.04. The summed E-state index contributed by atoms with van der Waals surface area (Å²) in [5.74, 6) is 0.241. The van der Waals surface area contributed by atoms with Gasteiger partial charge in [-0.05, 0) is 12.0 Å². The predicted molar refractivity (Wildman–Crippen MR) is 54.3 cm³/mol. The van der Waals surface area contributed by atoms with Gasteiger partial charge in [0.25, 0.3) is 5.69 Å². The number of hydrogen-bond acceptors (Lipinski definition) is 3. The average Bonchev–Trinajstić information content (AvgIpc) is 2.59. The molecule has 0 spiro atoms. The Morgan fingerprint density at radius 1 is 1.57 bits per heavy atom. The first-order valence-electron chi connectivity index (χ1n) is 4.55. The van der Waals surface area contributed by atoms with Crippen molar-refractivity contribution < 1.29 is 4.92 Å². The van der Waals surface area contributed by atoms with Crippen molar-refractivity contribution in [3.63, 3.8) is 0 Å². The molecular weight excluding hydrogens is 180 g/mol. The summed E-state index contributed by atoms with van der Waals surface area (Å²) in [7, 11) is 0. The highest BCUT2D eigenvalue weighted by Crippen LogP contribution is 2.40. The van der Waals surface area contributed by atoms with Crippen LogP contribution in [-0.2, 0) is 0 Å². The molecule has 0 aromatic heterocycles. The van der Waals surface area contributed by atoms with Gasteiger partial charge in [0, 0.05) is 18.2 Å². The van der Waals surface area contributed by atoms with Crippen LogP contribution >= 0.6 is 0 Å². The van der Waals surface area contributed by atoms with Gasteiger partial charge in [0.05, 0.1) is 4.92 Å². The lowest BCUT2D eigenvalue weighted by Gasteiger charge is -2.04. The summed E-state index contributed by atoms with van der Waals surface area (Å²) in [6.45, 7) is 2.05. The second-order valence-corrected chi connectivity index (χ2v) is 3.26. The maximum absolute atomic E-state index is 10.7. The van der Waals surface area contributed by atoms with Crippen LogP contribution in [0.4, 0.5) is 11.4 Å². The molecule has 14 heavy (non-hydrogen) atoms. The van der Waals surface area contributed by atoms with E-state index >= 15 is 0 Å². The van der Waals surface area contributed by atoms with Crippen LogP contribution in [0.25, 0.3) is 0 Å². The molecule has 0 amide bonds. The van der Waals surface area contributed by atoms with E-state index in [0.29, 0.717) is 5.69 Å². The molecule has 1 unspecified atom stereocenters. The molecule has 2 rings (SSSR count). The summed E-state index contributed by atoms with van der Waals surface area (Å²) in [5, 5.41) is 10.7. The molecule has 1 heterocycles. The number of hydrogen-bond donors (Lipinski definition) is 0. The summed E-state index contributed by atoms with van der Waals surface area (Å²) in [6.07, 6.45) is 2.72. The quantitative estimate of drug-likeness (QED) is 0.531. The van der Waals surface area contributed by atoms with E-state index in [-0.39, 0.29) is 16.5 Å². The summed E-state index contributed by atoms with van der Waals surface area (Å²) < 4.78 is 0. The molecule has 1 aromatic carbocycles. The van der Waals surface area contributed by atoms with Crippen LogP contribution in [0.15, 0.2) is 23.2 Å². The fourth-order valence-electron chi connectivity index (χ4n) is 1.71. The highest BCUT2D eigenvalue weighted by Gasteiger charge is 2.24. The van der Waals surface area contributed by atoms with Crippen molar-refractivity contribution in [2.24, 2.45) is 4.99 Å². The van der Waals surface area contributed by atoms with Crippen molar-refractivity contribution in [1.29, 1.82) is 0 Å². The third-order valence-corrected chi connectivity index (χ3v) is 2.47. The van der Waals surface area contributed by atoms with Crippen molar-refractivity contribution in [3.05, 3.63) is 33.9 Å². The number of rotatable bonds is 2. The van der Waals surface area contributed by atoms with E-state index in [4.69, 9.17) is 0 Å². The number of para-hydroxylation sites is 1. The maximum atomic E-state index is 10.7. The molecule has 4 heteroatoms. The fraction of sp³-hybridized carbons (Fsp3) is 0.300. The van der Waals surface area contributed by atoms with Crippen LogP contribution in [0.3, 0.4) is 0 Å². The standard InChI is InChI=1S/C10H10N2O2/c1-2-7-6-11-10-8(7)4-3-5-9(10)12(13)14/h3-7H,2H2,1H3. The van der Waals surface area contributed by atoms with E-state index in [2.05, 4.69) is 4.99 Å². The summed E-state index contributed by atoms with van der Waals surface area (Å²) in [6, 6.07) is 5.12. The SMILES string of the molecule is CCC1C=Nc2c1cccc2[N+](=O)[O-]. The Morgan fingerprint density at radius 3 is 3.00 bits per heavy atom. The lowest BCUT2D eigenvalue weighted by molar-refractivity contribution is -0.384. The summed E-state index contributed by atoms with van der Waals surface area (Å²) >= 11 is 0. The van der Waals surface area contributed by atoms with E-state index in [1.807, 2.05) is 13.0 Å². The second-order valence-electron chi connectivity index (χ2n) is 3.26. The van der Waals surface area contributed by atoms with Gasteiger partial charge in [0.15, 0.2) is 0 Å². The third kappa shape index (κ3) is 1.19. The van der Waals surface area contributed by atoms with Crippen LogP contribution in [0, 0.1) is 10.1 Å². The van der Waals surface area contributed by atoms with Gasteiger partial charge in [-0.25, -0.2) is 0 Å². The number of nitro groups is 1. The minimum atomic E-state index is -0.381. The second kappa shape index (κ2) is 3.21. The molecule has 0 aliphatic carbocycles. The molecule has 1 aliphatic rings. The smallest absolute Gasteiger partial charge is 0.258 e. The van der Waals surface area contributed by atoms with Crippen LogP contribution in [-0.4, -0.2) is 11.1 Å². The van der Waals surface area contributed by atoms with Crippen LogP contribution < -0.4 is 0 Å². The Hall–Kier alpha value is -1.71. The lowest BCUT2D eigenvalue weighted by Crippen LogP contribution is -1.94. The molecule has 0 N–H and O–H groups in total. The molecule has 72 valence electrons. The molecule has 0 bridgehead atoms. The summed E-state index contributed by atoms with van der Waals surface area (Å²) in [5.41, 5.74) is 1.61. The zero-order chi connectivity index (χ0) is 10.1. The first-order valence-corrected chi connectivity index (χ1v) is 4.55. The van der Waals surface area contributed by atoms with Crippen molar-refractivity contribution in [1.82, 2.24) is 0 Å². The van der Waals surface area contributed by atoms with Crippen molar-refractivity contribution in [2.45, 2.75) is 19.3 Å². The average molecular weight is 190 g/mol. The highest BCUT2D eigenvalue weighted by molar-refractivity contribution is 5.84. The molecule has 1 aromatic rings. The monoisotopic (exact) mass is 190 g/mol. The van der Waals surface area contributed by atoms with E-state index < -0.39 is 0 Å². The van der Waals surface area contributed by atoms with E-state index in [9.17, 15) is 10.1 Å². The zero-order valence-corrected chi connectivity index (χ0v) is 7.80. The molecule has 0 saturated heterocycles. The molecular formula is C10H10N2O2. The van der Waals surface area contributed by atoms with Gasteiger partial charge in [-0.1, -0.05) is 19.1 Å². The largest absolute Gasteiger partial charge is 0.295 e. The molecule has 4 nitrogen and oxygen atoms in total. The van der Waals surface area contributed by atoms with Gasteiger partial charge in [-0.2, -0.15) is 0 Å². The molecule has 0 saturated carbocycles. The zero-order valence-electron chi connectivity index (χ0n) is 7.80. The first kappa shape index (κ1) is 8.87. The Balaban J connectivity index is 2.55. The fourth-order valence-corrected chi connectivity index (χ4v) is 1.71. The van der Waals surface area contributed by atoms with Crippen LogP contribution in [0.5, 0.6) is 0 Å². The number of fused-ring (bicyclic) bond motifs is 1. The highest BCUT2D eigenvalue weighted by atomic mass is 16.6. The number of nitro benzene ring substituents is 1. The minimum Gasteiger partial charge on any atom is -0.258 e. The number of aliphatic imine (C=N–C) groups is 1. The van der Waals surface area contributed by atoms with Crippen LogP contribution in [0.2, 0.25) is 0 Å². The first-order chi connectivity index (χ1) is 6.74. The summed E-state index contributed by atoms with van der Waals surface area (Å²) in [4.78, 5) is 14.4. The number of benzene rings is 1. The Bertz CT molecular complexity index is 413. The normalized spacial score (nSPS) is 18.2.